The van der Waals surface area contributed by atoms with Crippen molar-refractivity contribution >= 4 is 28.9 Å². The lowest BCUT2D eigenvalue weighted by molar-refractivity contribution is 0.0809. The van der Waals surface area contributed by atoms with Crippen LogP contribution in [-0.2, 0) is 4.74 Å². The number of nitrogens with one attached hydrogen (secondary N) is 2. The fourth-order valence-electron chi connectivity index (χ4n) is 7.33. The second kappa shape index (κ2) is 13.5. The van der Waals surface area contributed by atoms with Crippen molar-refractivity contribution in [2.45, 2.75) is 70.5 Å². The molecule has 1 aliphatic carbocycles. The number of piperazine rings is 1. The van der Waals surface area contributed by atoms with Crippen molar-refractivity contribution in [1.29, 1.82) is 0 Å². The molecule has 0 unspecified atom stereocenters. The maximum absolute atomic E-state index is 12.7. The van der Waals surface area contributed by atoms with Gasteiger partial charge in [-0.15, -0.1) is 0 Å². The number of hydrogen-bond acceptors (Lipinski definition) is 10. The SMILES string of the molecule is Cc1cc(-c2nc(C(N)=O)c(Nc3ccc(N4CCC(N5CCN(C6CC6)CC5)CC4)c(C)c3)nc2NC2CCOCC2)ccn1. The molecule has 4 N–H and O–H groups in total. The number of ether oxygens (including phenoxy) is 1. The number of rotatable bonds is 9. The molecule has 11 heteroatoms. The largest absolute Gasteiger partial charge is 0.381 e. The summed E-state index contributed by atoms with van der Waals surface area (Å²) >= 11 is 0. The summed E-state index contributed by atoms with van der Waals surface area (Å²) in [5.74, 6) is 0.311. The molecule has 0 spiro atoms. The number of carbonyl (C=O) groups is 1. The van der Waals surface area contributed by atoms with Crippen molar-refractivity contribution in [3.05, 3.63) is 53.5 Å². The molecule has 3 saturated heterocycles. The van der Waals surface area contributed by atoms with Crippen molar-refractivity contribution in [2.75, 3.05) is 68.0 Å². The highest BCUT2D eigenvalue weighted by atomic mass is 16.5. The minimum absolute atomic E-state index is 0.101. The van der Waals surface area contributed by atoms with Crippen LogP contribution in [0.3, 0.4) is 0 Å². The van der Waals surface area contributed by atoms with Gasteiger partial charge in [-0.25, -0.2) is 9.97 Å². The van der Waals surface area contributed by atoms with E-state index in [4.69, 9.17) is 20.4 Å². The Hall–Kier alpha value is -3.80. The predicted octanol–water partition coefficient (Wildman–Crippen LogP) is 4.34. The van der Waals surface area contributed by atoms with E-state index < -0.39 is 5.91 Å². The maximum atomic E-state index is 12.7. The van der Waals surface area contributed by atoms with Crippen LogP contribution in [0.15, 0.2) is 36.5 Å². The van der Waals surface area contributed by atoms with Crippen LogP contribution in [0.1, 0.15) is 60.3 Å². The third-order valence-electron chi connectivity index (χ3n) is 10.1. The Bertz CT molecular complexity index is 1540. The molecular formula is C35H47N9O2. The first-order valence-corrected chi connectivity index (χ1v) is 17.0. The Morgan fingerprint density at radius 3 is 2.17 bits per heavy atom. The number of amides is 1. The Morgan fingerprint density at radius 1 is 0.848 bits per heavy atom. The van der Waals surface area contributed by atoms with E-state index in [-0.39, 0.29) is 11.7 Å². The van der Waals surface area contributed by atoms with Crippen molar-refractivity contribution in [1.82, 2.24) is 24.8 Å². The van der Waals surface area contributed by atoms with Crippen LogP contribution in [-0.4, -0.2) is 101 Å². The van der Waals surface area contributed by atoms with Gasteiger partial charge in [0.15, 0.2) is 17.3 Å². The highest BCUT2D eigenvalue weighted by Crippen LogP contribution is 2.33. The zero-order valence-electron chi connectivity index (χ0n) is 27.2. The molecular weight excluding hydrogens is 578 g/mol. The van der Waals surface area contributed by atoms with Gasteiger partial charge in [0, 0.05) is 99.4 Å². The summed E-state index contributed by atoms with van der Waals surface area (Å²) in [5.41, 5.74) is 11.5. The topological polar surface area (TPSA) is 125 Å². The summed E-state index contributed by atoms with van der Waals surface area (Å²) < 4.78 is 5.57. The van der Waals surface area contributed by atoms with E-state index in [0.717, 1.165) is 48.9 Å². The number of hydrogen-bond donors (Lipinski definition) is 3. The van der Waals surface area contributed by atoms with Gasteiger partial charge < -0.3 is 26.0 Å². The van der Waals surface area contributed by atoms with E-state index in [0.29, 0.717) is 36.6 Å². The van der Waals surface area contributed by atoms with Crippen LogP contribution in [0.2, 0.25) is 0 Å². The minimum Gasteiger partial charge on any atom is -0.381 e. The molecule has 3 aliphatic heterocycles. The molecule has 46 heavy (non-hydrogen) atoms. The van der Waals surface area contributed by atoms with E-state index >= 15 is 0 Å². The number of carbonyl (C=O) groups excluding carboxylic acids is 1. The molecule has 2 aromatic heterocycles. The second-order valence-corrected chi connectivity index (χ2v) is 13.3. The monoisotopic (exact) mass is 625 g/mol. The second-order valence-electron chi connectivity index (χ2n) is 13.3. The summed E-state index contributed by atoms with van der Waals surface area (Å²) in [7, 11) is 0. The quantitative estimate of drug-likeness (QED) is 0.316. The lowest BCUT2D eigenvalue weighted by atomic mass is 10.0. The molecule has 7 rings (SSSR count). The number of benzene rings is 1. The number of aryl methyl sites for hydroxylation is 2. The van der Waals surface area contributed by atoms with Gasteiger partial charge in [0.1, 0.15) is 5.69 Å². The fourth-order valence-corrected chi connectivity index (χ4v) is 7.33. The molecule has 0 radical (unpaired) electrons. The third kappa shape index (κ3) is 6.96. The zero-order valence-corrected chi connectivity index (χ0v) is 27.2. The Kier molecular flexibility index (Phi) is 9.06. The molecule has 1 aromatic carbocycles. The van der Waals surface area contributed by atoms with Gasteiger partial charge in [0.05, 0.1) is 0 Å². The standard InChI is InChI=1S/C35H47N9O2/c1-23-21-27(3-6-30(23)44-13-8-29(9-14-44)43-17-15-42(16-18-43)28-4-5-28)39-35-32(33(36)45)40-31(25-7-12-37-24(2)22-25)34(41-35)38-26-10-19-46-20-11-26/h3,6-7,12,21-22,26,28-29H,4-5,8-11,13-20H2,1-2H3,(H2,36,45)(H2,38,39,41). The van der Waals surface area contributed by atoms with E-state index in [1.54, 1.807) is 6.20 Å². The zero-order chi connectivity index (χ0) is 31.6. The van der Waals surface area contributed by atoms with Gasteiger partial charge in [-0.05, 0) is 88.3 Å². The maximum Gasteiger partial charge on any atom is 0.271 e. The molecule has 0 atom stereocenters. The fraction of sp³-hybridized carbons (Fsp3) is 0.543. The van der Waals surface area contributed by atoms with Crippen LogP contribution in [0.25, 0.3) is 11.3 Å². The first-order valence-electron chi connectivity index (χ1n) is 17.0. The molecule has 5 heterocycles. The van der Waals surface area contributed by atoms with Crippen LogP contribution < -0.4 is 21.3 Å². The molecule has 244 valence electrons. The molecule has 3 aromatic rings. The summed E-state index contributed by atoms with van der Waals surface area (Å²) in [5, 5.41) is 6.96. The number of nitrogens with zero attached hydrogens (tertiary/aromatic N) is 6. The van der Waals surface area contributed by atoms with Gasteiger partial charge in [-0.2, -0.15) is 0 Å². The van der Waals surface area contributed by atoms with Crippen molar-refractivity contribution in [3.8, 4) is 11.3 Å². The van der Waals surface area contributed by atoms with E-state index in [1.165, 1.54) is 63.1 Å². The predicted molar refractivity (Wildman–Crippen MR) is 182 cm³/mol. The smallest absolute Gasteiger partial charge is 0.271 e. The van der Waals surface area contributed by atoms with Crippen molar-refractivity contribution in [3.63, 3.8) is 0 Å². The summed E-state index contributed by atoms with van der Waals surface area (Å²) in [6, 6.07) is 11.9. The van der Waals surface area contributed by atoms with E-state index in [1.807, 2.05) is 19.1 Å². The molecule has 4 aliphatic rings. The lowest BCUT2D eigenvalue weighted by Gasteiger charge is -2.43. The number of primary amides is 1. The number of aromatic nitrogens is 3. The van der Waals surface area contributed by atoms with Crippen LogP contribution in [0, 0.1) is 13.8 Å². The van der Waals surface area contributed by atoms with Gasteiger partial charge in [0.2, 0.25) is 0 Å². The number of anilines is 4. The third-order valence-corrected chi connectivity index (χ3v) is 10.1. The van der Waals surface area contributed by atoms with Crippen LogP contribution in [0.4, 0.5) is 23.0 Å². The number of nitrogens with two attached hydrogens (primary N) is 1. The molecule has 0 bridgehead atoms. The summed E-state index contributed by atoms with van der Waals surface area (Å²) in [6.45, 7) is 12.5. The van der Waals surface area contributed by atoms with Gasteiger partial charge >= 0.3 is 0 Å². The van der Waals surface area contributed by atoms with Crippen LogP contribution in [0.5, 0.6) is 0 Å². The first kappa shape index (κ1) is 30.8. The highest BCUT2D eigenvalue weighted by Gasteiger charge is 2.34. The van der Waals surface area contributed by atoms with E-state index in [2.05, 4.69) is 55.4 Å². The van der Waals surface area contributed by atoms with Gasteiger partial charge in [0.25, 0.3) is 5.91 Å². The summed E-state index contributed by atoms with van der Waals surface area (Å²) in [4.78, 5) is 34.7. The lowest BCUT2D eigenvalue weighted by Crippen LogP contribution is -2.53. The average Bonchev–Trinajstić information content (AvgIpc) is 3.92. The highest BCUT2D eigenvalue weighted by molar-refractivity contribution is 5.97. The first-order chi connectivity index (χ1) is 22.4. The van der Waals surface area contributed by atoms with Crippen molar-refractivity contribution < 1.29 is 9.53 Å². The number of piperidine rings is 1. The van der Waals surface area contributed by atoms with Gasteiger partial charge in [-0.3, -0.25) is 19.6 Å². The summed E-state index contributed by atoms with van der Waals surface area (Å²) in [6.07, 6.45) is 8.68. The molecule has 1 amide bonds. The van der Waals surface area contributed by atoms with Crippen molar-refractivity contribution in [2.24, 2.45) is 5.73 Å². The molecule has 4 fully saturated rings. The van der Waals surface area contributed by atoms with Crippen LogP contribution >= 0.6 is 0 Å². The minimum atomic E-state index is -0.634. The normalized spacial score (nSPS) is 20.5. The Morgan fingerprint density at radius 2 is 1.54 bits per heavy atom. The average molecular weight is 626 g/mol. The van der Waals surface area contributed by atoms with E-state index in [9.17, 15) is 4.79 Å². The molecule has 11 nitrogen and oxygen atoms in total. The number of pyridine rings is 1. The van der Waals surface area contributed by atoms with Gasteiger partial charge in [-0.1, -0.05) is 0 Å². The Balaban J connectivity index is 1.07. The molecule has 1 saturated carbocycles. The Labute approximate surface area is 271 Å².